The number of nitrogens with zero attached hydrogens (tertiary/aromatic N) is 1. The molecule has 0 saturated carbocycles. The van der Waals surface area contributed by atoms with Crippen LogP contribution in [0.1, 0.15) is 11.1 Å². The van der Waals surface area contributed by atoms with Gasteiger partial charge in [-0.05, 0) is 11.1 Å². The molecule has 20 heavy (non-hydrogen) atoms. The molecule has 0 spiro atoms. The smallest absolute Gasteiger partial charge is 0.244 e. The summed E-state index contributed by atoms with van der Waals surface area (Å²) < 4.78 is 0. The molecule has 1 unspecified atom stereocenters. The quantitative estimate of drug-likeness (QED) is 0.830. The van der Waals surface area contributed by atoms with E-state index in [2.05, 4.69) is 0 Å². The summed E-state index contributed by atoms with van der Waals surface area (Å²) in [5.74, 6) is -0.150. The fourth-order valence-electron chi connectivity index (χ4n) is 2.52. The van der Waals surface area contributed by atoms with Crippen LogP contribution in [0.2, 0.25) is 0 Å². The molecule has 0 radical (unpaired) electrons. The SMILES string of the molecule is BN1C(=O)C(c2ccccc2)=C(c2ccccc2)C1O. The summed E-state index contributed by atoms with van der Waals surface area (Å²) in [5.41, 5.74) is 2.95. The van der Waals surface area contributed by atoms with E-state index in [1.165, 1.54) is 4.81 Å². The van der Waals surface area contributed by atoms with Crippen molar-refractivity contribution in [2.45, 2.75) is 6.23 Å². The van der Waals surface area contributed by atoms with Crippen molar-refractivity contribution in [2.75, 3.05) is 0 Å². The number of carbonyl (C=O) groups excluding carboxylic acids is 1. The van der Waals surface area contributed by atoms with Crippen molar-refractivity contribution >= 4 is 25.0 Å². The highest BCUT2D eigenvalue weighted by Crippen LogP contribution is 2.36. The number of amides is 1. The van der Waals surface area contributed by atoms with E-state index in [4.69, 9.17) is 0 Å². The number of aliphatic hydroxyl groups excluding tert-OH is 1. The van der Waals surface area contributed by atoms with Crippen LogP contribution in [-0.4, -0.2) is 30.0 Å². The molecule has 1 aliphatic rings. The Kier molecular flexibility index (Phi) is 3.16. The Morgan fingerprint density at radius 3 is 1.95 bits per heavy atom. The maximum Gasteiger partial charge on any atom is 0.244 e. The molecular formula is C16H14BNO2. The van der Waals surface area contributed by atoms with E-state index in [0.717, 1.165) is 11.1 Å². The molecule has 1 N–H and O–H groups in total. The predicted octanol–water partition coefficient (Wildman–Crippen LogP) is 1.31. The van der Waals surface area contributed by atoms with E-state index in [1.54, 1.807) is 7.98 Å². The maximum atomic E-state index is 12.4. The molecule has 0 bridgehead atoms. The Morgan fingerprint density at radius 2 is 1.40 bits per heavy atom. The van der Waals surface area contributed by atoms with Gasteiger partial charge in [0.05, 0.1) is 5.57 Å². The average Bonchev–Trinajstić information content (AvgIpc) is 2.73. The zero-order chi connectivity index (χ0) is 14.1. The van der Waals surface area contributed by atoms with Gasteiger partial charge in [0.1, 0.15) is 6.23 Å². The molecule has 4 heteroatoms. The van der Waals surface area contributed by atoms with Crippen LogP contribution in [0.5, 0.6) is 0 Å². The van der Waals surface area contributed by atoms with E-state index >= 15 is 0 Å². The van der Waals surface area contributed by atoms with Crippen LogP contribution < -0.4 is 0 Å². The lowest BCUT2D eigenvalue weighted by molar-refractivity contribution is -0.123. The first-order chi connectivity index (χ1) is 9.70. The molecule has 2 aromatic carbocycles. The van der Waals surface area contributed by atoms with E-state index in [0.29, 0.717) is 11.1 Å². The van der Waals surface area contributed by atoms with Gasteiger partial charge in [0.25, 0.3) is 0 Å². The first-order valence-electron chi connectivity index (χ1n) is 6.50. The second-order valence-electron chi connectivity index (χ2n) is 4.81. The Bertz CT molecular complexity index is 667. The molecular weight excluding hydrogens is 249 g/mol. The highest BCUT2D eigenvalue weighted by molar-refractivity contribution is 6.37. The first-order valence-corrected chi connectivity index (χ1v) is 6.50. The van der Waals surface area contributed by atoms with Gasteiger partial charge < -0.3 is 9.92 Å². The average molecular weight is 263 g/mol. The van der Waals surface area contributed by atoms with Crippen molar-refractivity contribution in [1.82, 2.24) is 4.81 Å². The highest BCUT2D eigenvalue weighted by Gasteiger charge is 2.36. The summed E-state index contributed by atoms with van der Waals surface area (Å²) in [6.45, 7) is 0. The highest BCUT2D eigenvalue weighted by atomic mass is 16.3. The monoisotopic (exact) mass is 263 g/mol. The molecule has 3 nitrogen and oxygen atoms in total. The van der Waals surface area contributed by atoms with Crippen LogP contribution in [0, 0.1) is 0 Å². The van der Waals surface area contributed by atoms with Gasteiger partial charge in [0.15, 0.2) is 0 Å². The summed E-state index contributed by atoms with van der Waals surface area (Å²) in [5, 5.41) is 10.4. The minimum Gasteiger partial charge on any atom is -0.370 e. The van der Waals surface area contributed by atoms with Crippen LogP contribution in [0.15, 0.2) is 60.7 Å². The van der Waals surface area contributed by atoms with E-state index in [-0.39, 0.29) is 5.91 Å². The van der Waals surface area contributed by atoms with Crippen LogP contribution in [-0.2, 0) is 4.79 Å². The third-order valence-corrected chi connectivity index (χ3v) is 3.58. The zero-order valence-corrected chi connectivity index (χ0v) is 11.2. The molecule has 0 aromatic heterocycles. The normalized spacial score (nSPS) is 18.8. The van der Waals surface area contributed by atoms with Crippen molar-refractivity contribution in [1.29, 1.82) is 0 Å². The Hall–Kier alpha value is -2.33. The van der Waals surface area contributed by atoms with Gasteiger partial charge in [-0.1, -0.05) is 60.7 Å². The first kappa shape index (κ1) is 12.7. The summed E-state index contributed by atoms with van der Waals surface area (Å²) in [6, 6.07) is 19.0. The predicted molar refractivity (Wildman–Crippen MR) is 81.1 cm³/mol. The van der Waals surface area contributed by atoms with Gasteiger partial charge in [0.2, 0.25) is 13.9 Å². The number of carbonyl (C=O) groups is 1. The molecule has 1 amide bonds. The summed E-state index contributed by atoms with van der Waals surface area (Å²) in [7, 11) is 1.62. The Morgan fingerprint density at radius 1 is 0.900 bits per heavy atom. The third kappa shape index (κ3) is 1.94. The van der Waals surface area contributed by atoms with Crippen molar-refractivity contribution in [3.05, 3.63) is 71.8 Å². The van der Waals surface area contributed by atoms with Gasteiger partial charge in [0, 0.05) is 5.57 Å². The number of hydrogen-bond donors (Lipinski definition) is 1. The van der Waals surface area contributed by atoms with Gasteiger partial charge in [-0.15, -0.1) is 0 Å². The van der Waals surface area contributed by atoms with Gasteiger partial charge in [-0.25, -0.2) is 0 Å². The van der Waals surface area contributed by atoms with Crippen molar-refractivity contribution in [3.8, 4) is 0 Å². The third-order valence-electron chi connectivity index (χ3n) is 3.58. The van der Waals surface area contributed by atoms with Crippen LogP contribution in [0.4, 0.5) is 0 Å². The molecule has 0 aliphatic carbocycles. The van der Waals surface area contributed by atoms with Gasteiger partial charge in [-0.2, -0.15) is 0 Å². The topological polar surface area (TPSA) is 40.5 Å². The largest absolute Gasteiger partial charge is 0.370 e. The van der Waals surface area contributed by atoms with E-state index < -0.39 is 6.23 Å². The standard InChI is InChI=1S/C16H14BNO2/c17-18-15(19)13(11-7-3-1-4-8-11)14(16(18)20)12-9-5-2-6-10-12/h1-10,15,19H,17H2. The molecule has 98 valence electrons. The maximum absolute atomic E-state index is 12.4. The van der Waals surface area contributed by atoms with Crippen LogP contribution >= 0.6 is 0 Å². The second-order valence-corrected chi connectivity index (χ2v) is 4.81. The molecule has 0 fully saturated rings. The fraction of sp³-hybridized carbons (Fsp3) is 0.0625. The van der Waals surface area contributed by atoms with Crippen molar-refractivity contribution in [2.24, 2.45) is 0 Å². The summed E-state index contributed by atoms with van der Waals surface area (Å²) in [6.07, 6.45) is -0.903. The lowest BCUT2D eigenvalue weighted by atomic mass is 9.96. The molecule has 1 heterocycles. The van der Waals surface area contributed by atoms with Gasteiger partial charge in [-0.3, -0.25) is 4.79 Å². The van der Waals surface area contributed by atoms with E-state index in [1.807, 2.05) is 60.7 Å². The molecule has 1 aliphatic heterocycles. The molecule has 1 atom stereocenters. The van der Waals surface area contributed by atoms with Crippen LogP contribution in [0.3, 0.4) is 0 Å². The Balaban J connectivity index is 2.23. The lowest BCUT2D eigenvalue weighted by Crippen LogP contribution is -2.32. The second kappa shape index (κ2) is 4.98. The molecule has 2 aromatic rings. The number of benzene rings is 2. The zero-order valence-electron chi connectivity index (χ0n) is 11.2. The van der Waals surface area contributed by atoms with Crippen molar-refractivity contribution < 1.29 is 9.90 Å². The fourth-order valence-corrected chi connectivity index (χ4v) is 2.52. The Labute approximate surface area is 118 Å². The lowest BCUT2D eigenvalue weighted by Gasteiger charge is -2.17. The van der Waals surface area contributed by atoms with Gasteiger partial charge >= 0.3 is 0 Å². The summed E-state index contributed by atoms with van der Waals surface area (Å²) in [4.78, 5) is 13.8. The number of hydrogen-bond acceptors (Lipinski definition) is 2. The molecule has 0 saturated heterocycles. The van der Waals surface area contributed by atoms with Crippen molar-refractivity contribution in [3.63, 3.8) is 0 Å². The van der Waals surface area contributed by atoms with E-state index in [9.17, 15) is 9.90 Å². The van der Waals surface area contributed by atoms with Crippen LogP contribution in [0.25, 0.3) is 11.1 Å². The minimum atomic E-state index is -0.903. The summed E-state index contributed by atoms with van der Waals surface area (Å²) >= 11 is 0. The molecule has 3 rings (SSSR count). The minimum absolute atomic E-state index is 0.150. The number of rotatable bonds is 2. The number of aliphatic hydroxyl groups is 1.